The average Bonchev–Trinajstić information content (AvgIpc) is 3.49. The summed E-state index contributed by atoms with van der Waals surface area (Å²) in [4.78, 5) is 7.27. The first-order valence-electron chi connectivity index (χ1n) is 10.0. The molecule has 5 rings (SSSR count). The minimum Gasteiger partial charge on any atom is -0.379 e. The third kappa shape index (κ3) is 4.24. The van der Waals surface area contributed by atoms with Crippen LogP contribution in [0.2, 0.25) is 0 Å². The SMILES string of the molecule is O=S(=O)(Nc1cccc2c1NC(C1=NCC(CN3CCOCC3)S1)C2)c1cccs1. The first-order chi connectivity index (χ1) is 14.6. The molecule has 4 heterocycles. The van der Waals surface area contributed by atoms with Crippen molar-refractivity contribution in [3.05, 3.63) is 41.3 Å². The molecule has 160 valence electrons. The molecular formula is C20H24N4O3S3. The second-order valence-electron chi connectivity index (χ2n) is 7.61. The van der Waals surface area contributed by atoms with Crippen LogP contribution >= 0.6 is 23.1 Å². The molecule has 30 heavy (non-hydrogen) atoms. The van der Waals surface area contributed by atoms with Crippen molar-refractivity contribution < 1.29 is 13.2 Å². The van der Waals surface area contributed by atoms with E-state index in [4.69, 9.17) is 9.73 Å². The summed E-state index contributed by atoms with van der Waals surface area (Å²) < 4.78 is 33.8. The Morgan fingerprint density at radius 1 is 1.23 bits per heavy atom. The molecule has 0 aliphatic carbocycles. The van der Waals surface area contributed by atoms with Crippen LogP contribution in [0.5, 0.6) is 0 Å². The van der Waals surface area contributed by atoms with E-state index < -0.39 is 10.0 Å². The fourth-order valence-corrected chi connectivity index (χ4v) is 7.32. The molecule has 7 nitrogen and oxygen atoms in total. The molecule has 3 aliphatic rings. The van der Waals surface area contributed by atoms with Gasteiger partial charge in [-0.15, -0.1) is 23.1 Å². The van der Waals surface area contributed by atoms with Gasteiger partial charge < -0.3 is 10.1 Å². The molecule has 0 amide bonds. The van der Waals surface area contributed by atoms with Crippen LogP contribution in [0.25, 0.3) is 0 Å². The fourth-order valence-electron chi connectivity index (χ4n) is 4.03. The third-order valence-electron chi connectivity index (χ3n) is 5.50. The number of morpholine rings is 1. The number of benzene rings is 1. The zero-order valence-electron chi connectivity index (χ0n) is 16.4. The van der Waals surface area contributed by atoms with Gasteiger partial charge in [0.15, 0.2) is 0 Å². The number of nitrogens with zero attached hydrogens (tertiary/aromatic N) is 2. The Morgan fingerprint density at radius 2 is 2.10 bits per heavy atom. The van der Waals surface area contributed by atoms with Crippen LogP contribution in [0, 0.1) is 0 Å². The molecule has 10 heteroatoms. The van der Waals surface area contributed by atoms with Crippen LogP contribution in [0.3, 0.4) is 0 Å². The lowest BCUT2D eigenvalue weighted by atomic mass is 10.1. The van der Waals surface area contributed by atoms with Gasteiger partial charge in [0, 0.05) is 31.3 Å². The van der Waals surface area contributed by atoms with Gasteiger partial charge in [-0.3, -0.25) is 14.6 Å². The highest BCUT2D eigenvalue weighted by Crippen LogP contribution is 2.38. The van der Waals surface area contributed by atoms with Crippen molar-refractivity contribution >= 4 is 49.5 Å². The van der Waals surface area contributed by atoms with Gasteiger partial charge in [-0.25, -0.2) is 8.42 Å². The number of thioether (sulfide) groups is 1. The van der Waals surface area contributed by atoms with Crippen LogP contribution in [0.15, 0.2) is 44.9 Å². The molecule has 2 unspecified atom stereocenters. The van der Waals surface area contributed by atoms with Gasteiger partial charge in [0.25, 0.3) is 10.0 Å². The van der Waals surface area contributed by atoms with E-state index in [2.05, 4.69) is 21.0 Å². The Hall–Kier alpha value is -1.59. The van der Waals surface area contributed by atoms with Gasteiger partial charge >= 0.3 is 0 Å². The monoisotopic (exact) mass is 464 g/mol. The topological polar surface area (TPSA) is 83.0 Å². The first-order valence-corrected chi connectivity index (χ1v) is 13.3. The van der Waals surface area contributed by atoms with Crippen LogP contribution in [0.1, 0.15) is 5.56 Å². The number of rotatable bonds is 6. The number of ether oxygens (including phenoxy) is 1. The Morgan fingerprint density at radius 3 is 2.90 bits per heavy atom. The zero-order chi connectivity index (χ0) is 20.6. The molecular weight excluding hydrogens is 440 g/mol. The molecule has 1 aromatic heterocycles. The van der Waals surface area contributed by atoms with E-state index >= 15 is 0 Å². The van der Waals surface area contributed by atoms with Crippen LogP contribution in [0.4, 0.5) is 11.4 Å². The number of fused-ring (bicyclic) bond motifs is 1. The summed E-state index contributed by atoms with van der Waals surface area (Å²) in [5, 5.41) is 6.89. The Kier molecular flexibility index (Phi) is 5.76. The Balaban J connectivity index is 1.25. The maximum atomic E-state index is 12.7. The van der Waals surface area contributed by atoms with Crippen LogP contribution < -0.4 is 10.0 Å². The molecule has 0 radical (unpaired) electrons. The minimum absolute atomic E-state index is 0.104. The summed E-state index contributed by atoms with van der Waals surface area (Å²) >= 11 is 3.07. The van der Waals surface area contributed by atoms with Gasteiger partial charge in [-0.2, -0.15) is 0 Å². The second-order valence-corrected chi connectivity index (χ2v) is 11.8. The number of hydrogen-bond acceptors (Lipinski definition) is 8. The molecule has 2 N–H and O–H groups in total. The van der Waals surface area contributed by atoms with Crippen molar-refractivity contribution in [2.45, 2.75) is 21.9 Å². The number of anilines is 2. The number of sulfonamides is 1. The van der Waals surface area contributed by atoms with E-state index in [0.29, 0.717) is 15.1 Å². The van der Waals surface area contributed by atoms with Crippen molar-refractivity contribution in [1.29, 1.82) is 0 Å². The van der Waals surface area contributed by atoms with Crippen molar-refractivity contribution in [3.63, 3.8) is 0 Å². The van der Waals surface area contributed by atoms with Gasteiger partial charge in [0.2, 0.25) is 0 Å². The predicted molar refractivity (Wildman–Crippen MR) is 124 cm³/mol. The van der Waals surface area contributed by atoms with Crippen molar-refractivity contribution in [3.8, 4) is 0 Å². The van der Waals surface area contributed by atoms with Gasteiger partial charge in [-0.1, -0.05) is 18.2 Å². The Labute approximate surface area is 185 Å². The van der Waals surface area contributed by atoms with E-state index in [1.807, 2.05) is 23.9 Å². The maximum absolute atomic E-state index is 12.7. The zero-order valence-corrected chi connectivity index (χ0v) is 18.9. The summed E-state index contributed by atoms with van der Waals surface area (Å²) in [6.07, 6.45) is 0.819. The smallest absolute Gasteiger partial charge is 0.271 e. The molecule has 1 saturated heterocycles. The lowest BCUT2D eigenvalue weighted by Crippen LogP contribution is -2.40. The van der Waals surface area contributed by atoms with Crippen molar-refractivity contribution in [1.82, 2.24) is 4.90 Å². The average molecular weight is 465 g/mol. The summed E-state index contributed by atoms with van der Waals surface area (Å²) in [6.45, 7) is 5.49. The fraction of sp³-hybridized carbons (Fsp3) is 0.450. The third-order valence-corrected chi connectivity index (χ3v) is 9.55. The summed E-state index contributed by atoms with van der Waals surface area (Å²) in [5.74, 6) is 0. The lowest BCUT2D eigenvalue weighted by molar-refractivity contribution is 0.0385. The highest BCUT2D eigenvalue weighted by atomic mass is 32.2. The van der Waals surface area contributed by atoms with E-state index in [0.717, 1.165) is 62.1 Å². The molecule has 2 aromatic rings. The maximum Gasteiger partial charge on any atom is 0.271 e. The molecule has 0 spiro atoms. The van der Waals surface area contributed by atoms with Crippen LogP contribution in [-0.4, -0.2) is 69.0 Å². The molecule has 1 fully saturated rings. The van der Waals surface area contributed by atoms with Gasteiger partial charge in [0.05, 0.1) is 42.2 Å². The minimum atomic E-state index is -3.58. The molecule has 3 aliphatic heterocycles. The van der Waals surface area contributed by atoms with Crippen molar-refractivity contribution in [2.75, 3.05) is 49.4 Å². The van der Waals surface area contributed by atoms with Gasteiger partial charge in [-0.05, 0) is 23.1 Å². The highest BCUT2D eigenvalue weighted by Gasteiger charge is 2.33. The second kappa shape index (κ2) is 8.51. The summed E-state index contributed by atoms with van der Waals surface area (Å²) in [7, 11) is -3.58. The first kappa shape index (κ1) is 20.3. The predicted octanol–water partition coefficient (Wildman–Crippen LogP) is 2.73. The lowest BCUT2D eigenvalue weighted by Gasteiger charge is -2.28. The van der Waals surface area contributed by atoms with E-state index in [9.17, 15) is 8.42 Å². The number of nitrogens with one attached hydrogen (secondary N) is 2. The van der Waals surface area contributed by atoms with E-state index in [-0.39, 0.29) is 6.04 Å². The van der Waals surface area contributed by atoms with Crippen molar-refractivity contribution in [2.24, 2.45) is 4.99 Å². The summed E-state index contributed by atoms with van der Waals surface area (Å²) in [5.41, 5.74) is 2.57. The molecule has 0 bridgehead atoms. The molecule has 0 saturated carbocycles. The van der Waals surface area contributed by atoms with Gasteiger partial charge in [0.1, 0.15) is 4.21 Å². The van der Waals surface area contributed by atoms with Crippen LogP contribution in [-0.2, 0) is 21.2 Å². The quantitative estimate of drug-likeness (QED) is 0.684. The largest absolute Gasteiger partial charge is 0.379 e. The number of para-hydroxylation sites is 1. The van der Waals surface area contributed by atoms with E-state index in [1.54, 1.807) is 17.5 Å². The Bertz CT molecular complexity index is 1030. The standard InChI is InChI=1S/C20H24N4O3S3/c25-30(26,18-5-2-10-28-18)23-16-4-1-3-14-11-17(22-19(14)16)20-21-12-15(29-20)13-24-6-8-27-9-7-24/h1-5,10,15,17,22-23H,6-9,11-13H2. The number of hydrogen-bond donors (Lipinski definition) is 2. The normalized spacial score (nSPS) is 24.3. The molecule has 2 atom stereocenters. The molecule has 1 aromatic carbocycles. The van der Waals surface area contributed by atoms with E-state index in [1.165, 1.54) is 11.3 Å². The highest BCUT2D eigenvalue weighted by molar-refractivity contribution is 8.15. The number of aliphatic imine (C=N–C) groups is 1. The number of thiophene rings is 1. The summed E-state index contributed by atoms with van der Waals surface area (Å²) in [6, 6.07) is 9.23.